The monoisotopic (exact) mass is 465 g/mol. The molecule has 1 aliphatic heterocycles. The van der Waals surface area contributed by atoms with Crippen LogP contribution in [0.1, 0.15) is 23.9 Å². The molecule has 7 nitrogen and oxygen atoms in total. The fraction of sp³-hybridized carbons (Fsp3) is 0.381. The smallest absolute Gasteiger partial charge is 0.423 e. The van der Waals surface area contributed by atoms with Crippen molar-refractivity contribution in [1.29, 1.82) is 0 Å². The average Bonchev–Trinajstić information content (AvgIpc) is 3.39. The van der Waals surface area contributed by atoms with Gasteiger partial charge in [-0.05, 0) is 50.1 Å². The van der Waals surface area contributed by atoms with Crippen LogP contribution in [0.5, 0.6) is 5.88 Å². The van der Waals surface area contributed by atoms with Gasteiger partial charge in [0, 0.05) is 30.7 Å². The molecular formula is C21H22F3N5O2S. The summed E-state index contributed by atoms with van der Waals surface area (Å²) < 4.78 is 45.3. The van der Waals surface area contributed by atoms with Gasteiger partial charge in [0.1, 0.15) is 11.1 Å². The third-order valence-electron chi connectivity index (χ3n) is 5.02. The van der Waals surface area contributed by atoms with Crippen LogP contribution in [0.15, 0.2) is 36.7 Å². The fourth-order valence-corrected chi connectivity index (χ4v) is 4.22. The number of nitrogens with zero attached hydrogens (tertiary/aromatic N) is 3. The van der Waals surface area contributed by atoms with E-state index in [0.29, 0.717) is 34.9 Å². The van der Waals surface area contributed by atoms with Gasteiger partial charge in [-0.2, -0.15) is 18.2 Å². The molecule has 3 N–H and O–H groups in total. The van der Waals surface area contributed by atoms with E-state index in [1.165, 1.54) is 6.20 Å². The van der Waals surface area contributed by atoms with E-state index in [1.807, 2.05) is 19.1 Å². The Morgan fingerprint density at radius 2 is 2.06 bits per heavy atom. The van der Waals surface area contributed by atoms with Gasteiger partial charge < -0.3 is 20.5 Å². The largest absolute Gasteiger partial charge is 0.473 e. The van der Waals surface area contributed by atoms with Crippen molar-refractivity contribution in [2.24, 2.45) is 0 Å². The maximum Gasteiger partial charge on any atom is 0.423 e. The molecule has 2 atom stereocenters. The number of benzene rings is 1. The van der Waals surface area contributed by atoms with Gasteiger partial charge in [-0.15, -0.1) is 11.3 Å². The molecule has 2 aromatic heterocycles. The zero-order valence-corrected chi connectivity index (χ0v) is 18.2. The summed E-state index contributed by atoms with van der Waals surface area (Å²) in [6, 6.07) is 7.16. The summed E-state index contributed by atoms with van der Waals surface area (Å²) in [5.41, 5.74) is -0.799. The Morgan fingerprint density at radius 1 is 1.25 bits per heavy atom. The molecule has 0 saturated carbocycles. The highest BCUT2D eigenvalue weighted by Crippen LogP contribution is 2.42. The lowest BCUT2D eigenvalue weighted by molar-refractivity contribution is -0.258. The number of anilines is 2. The number of aromatic nitrogens is 3. The van der Waals surface area contributed by atoms with Gasteiger partial charge in [-0.25, -0.2) is 9.97 Å². The number of aryl methyl sites for hydroxylation is 1. The number of hydrogen-bond acceptors (Lipinski definition) is 8. The predicted molar refractivity (Wildman–Crippen MR) is 115 cm³/mol. The molecule has 4 rings (SSSR count). The molecule has 32 heavy (non-hydrogen) atoms. The minimum absolute atomic E-state index is 0.0674. The number of halogens is 3. The number of nitrogens with one attached hydrogen (secondary N) is 2. The van der Waals surface area contributed by atoms with Crippen molar-refractivity contribution in [2.45, 2.75) is 38.1 Å². The maximum absolute atomic E-state index is 13.1. The number of aliphatic hydroxyl groups is 1. The molecule has 1 aromatic carbocycles. The Morgan fingerprint density at radius 3 is 2.78 bits per heavy atom. The first-order valence-corrected chi connectivity index (χ1v) is 10.8. The molecule has 3 heterocycles. The molecule has 170 valence electrons. The summed E-state index contributed by atoms with van der Waals surface area (Å²) >= 11 is 0.798. The lowest BCUT2D eigenvalue weighted by Gasteiger charge is -2.23. The Labute approximate surface area is 186 Å². The van der Waals surface area contributed by atoms with E-state index in [1.54, 1.807) is 18.3 Å². The van der Waals surface area contributed by atoms with Gasteiger partial charge in [-0.1, -0.05) is 6.07 Å². The normalized spacial score (nSPS) is 18.4. The topological polar surface area (TPSA) is 92.2 Å². The van der Waals surface area contributed by atoms with E-state index in [9.17, 15) is 18.3 Å². The molecule has 1 saturated heterocycles. The van der Waals surface area contributed by atoms with Crippen molar-refractivity contribution in [3.05, 3.63) is 47.2 Å². The quantitative estimate of drug-likeness (QED) is 0.503. The second-order valence-electron chi connectivity index (χ2n) is 7.76. The zero-order chi connectivity index (χ0) is 22.9. The summed E-state index contributed by atoms with van der Waals surface area (Å²) in [6.45, 7) is 4.25. The SMILES string of the molecule is Cc1cc(Nc2nccc(O[C@H]3CCNC3)n2)cc(-c2cnc(C(C)(O)C(F)(F)F)s2)c1. The number of alkyl halides is 3. The van der Waals surface area contributed by atoms with Gasteiger partial charge >= 0.3 is 6.18 Å². The van der Waals surface area contributed by atoms with Crippen molar-refractivity contribution >= 4 is 23.0 Å². The Hall–Kier alpha value is -2.76. The third kappa shape index (κ3) is 4.84. The summed E-state index contributed by atoms with van der Waals surface area (Å²) in [4.78, 5) is 12.9. The standard InChI is InChI=1S/C21H22F3N5O2S/c1-12-7-13(16-11-27-18(32-16)20(2,30)21(22,23)24)9-14(8-12)28-19-26-6-4-17(29-19)31-15-3-5-25-10-15/h4,6-9,11,15,25,30H,3,5,10H2,1-2H3,(H,26,28,29)/t15-,20?/m0/s1. The van der Waals surface area contributed by atoms with Gasteiger partial charge in [0.25, 0.3) is 0 Å². The van der Waals surface area contributed by atoms with Gasteiger partial charge in [0.15, 0.2) is 0 Å². The van der Waals surface area contributed by atoms with E-state index in [2.05, 4.69) is 25.6 Å². The molecule has 0 aliphatic carbocycles. The van der Waals surface area contributed by atoms with Crippen LogP contribution in [-0.4, -0.2) is 45.4 Å². The minimum Gasteiger partial charge on any atom is -0.473 e. The molecule has 11 heteroatoms. The van der Waals surface area contributed by atoms with Crippen LogP contribution in [0.4, 0.5) is 24.8 Å². The van der Waals surface area contributed by atoms with Crippen LogP contribution in [-0.2, 0) is 5.60 Å². The van der Waals surface area contributed by atoms with Gasteiger partial charge in [-0.3, -0.25) is 0 Å². The van der Waals surface area contributed by atoms with Crippen molar-refractivity contribution < 1.29 is 23.0 Å². The van der Waals surface area contributed by atoms with E-state index in [4.69, 9.17) is 4.74 Å². The Kier molecular flexibility index (Phi) is 6.06. The molecule has 0 bridgehead atoms. The minimum atomic E-state index is -4.82. The molecular weight excluding hydrogens is 443 g/mol. The maximum atomic E-state index is 13.1. The molecule has 0 amide bonds. The molecule has 0 radical (unpaired) electrons. The van der Waals surface area contributed by atoms with Crippen LogP contribution in [0.2, 0.25) is 0 Å². The summed E-state index contributed by atoms with van der Waals surface area (Å²) in [6.07, 6.45) is -0.914. The first-order valence-electron chi connectivity index (χ1n) is 9.97. The van der Waals surface area contributed by atoms with Crippen LogP contribution in [0.3, 0.4) is 0 Å². The molecule has 1 fully saturated rings. The third-order valence-corrected chi connectivity index (χ3v) is 6.28. The highest BCUT2D eigenvalue weighted by molar-refractivity contribution is 7.15. The summed E-state index contributed by atoms with van der Waals surface area (Å²) in [5.74, 6) is 0.806. The summed E-state index contributed by atoms with van der Waals surface area (Å²) in [5, 5.41) is 15.8. The van der Waals surface area contributed by atoms with E-state index in [-0.39, 0.29) is 6.10 Å². The highest BCUT2D eigenvalue weighted by Gasteiger charge is 2.53. The molecule has 0 spiro atoms. The lowest BCUT2D eigenvalue weighted by Crippen LogP contribution is -2.39. The Bertz CT molecular complexity index is 1100. The lowest BCUT2D eigenvalue weighted by atomic mass is 10.1. The predicted octanol–water partition coefficient (Wildman–Crippen LogP) is 4.16. The van der Waals surface area contributed by atoms with Crippen molar-refractivity contribution in [3.63, 3.8) is 0 Å². The molecule has 1 aliphatic rings. The number of rotatable bonds is 6. The van der Waals surface area contributed by atoms with E-state index < -0.39 is 16.8 Å². The van der Waals surface area contributed by atoms with Crippen molar-refractivity contribution in [1.82, 2.24) is 20.3 Å². The molecule has 3 aromatic rings. The first kappa shape index (κ1) is 22.4. The number of thiazole rings is 1. The van der Waals surface area contributed by atoms with E-state index >= 15 is 0 Å². The van der Waals surface area contributed by atoms with Crippen LogP contribution < -0.4 is 15.4 Å². The van der Waals surface area contributed by atoms with Crippen molar-refractivity contribution in [3.8, 4) is 16.3 Å². The van der Waals surface area contributed by atoms with Gasteiger partial charge in [0.2, 0.25) is 17.4 Å². The van der Waals surface area contributed by atoms with Gasteiger partial charge in [0.05, 0.1) is 4.88 Å². The molecule has 1 unspecified atom stereocenters. The highest BCUT2D eigenvalue weighted by atomic mass is 32.1. The number of hydrogen-bond donors (Lipinski definition) is 3. The second-order valence-corrected chi connectivity index (χ2v) is 8.79. The van der Waals surface area contributed by atoms with Crippen molar-refractivity contribution in [2.75, 3.05) is 18.4 Å². The van der Waals surface area contributed by atoms with Crippen LogP contribution >= 0.6 is 11.3 Å². The van der Waals surface area contributed by atoms with Crippen LogP contribution in [0, 0.1) is 6.92 Å². The average molecular weight is 466 g/mol. The zero-order valence-electron chi connectivity index (χ0n) is 17.4. The first-order chi connectivity index (χ1) is 15.1. The Balaban J connectivity index is 1.55. The fourth-order valence-electron chi connectivity index (χ4n) is 3.25. The van der Waals surface area contributed by atoms with E-state index in [0.717, 1.165) is 36.4 Å². The second kappa shape index (κ2) is 8.64. The number of ether oxygens (including phenoxy) is 1. The summed E-state index contributed by atoms with van der Waals surface area (Å²) in [7, 11) is 0. The van der Waals surface area contributed by atoms with Crippen LogP contribution in [0.25, 0.3) is 10.4 Å².